The van der Waals surface area contributed by atoms with Gasteiger partial charge in [0, 0.05) is 23.9 Å². The van der Waals surface area contributed by atoms with Crippen molar-refractivity contribution in [3.8, 4) is 5.19 Å². The fraction of sp³-hybridized carbons (Fsp3) is 0.615. The molecule has 1 aromatic heterocycles. The number of carbonyl (C=O) groups excluding carboxylic acids is 2. The highest BCUT2D eigenvalue weighted by Crippen LogP contribution is 2.41. The highest BCUT2D eigenvalue weighted by atomic mass is 32.1. The van der Waals surface area contributed by atoms with Gasteiger partial charge in [-0.15, -0.1) is 10.2 Å². The summed E-state index contributed by atoms with van der Waals surface area (Å²) in [6.07, 6.45) is 3.46. The summed E-state index contributed by atoms with van der Waals surface area (Å²) in [5.41, 5.74) is 2.62. The predicted octanol–water partition coefficient (Wildman–Crippen LogP) is 4.23. The smallest absolute Gasteiger partial charge is 0.294 e. The van der Waals surface area contributed by atoms with Crippen molar-refractivity contribution in [1.82, 2.24) is 21.0 Å². The van der Waals surface area contributed by atoms with E-state index in [2.05, 4.69) is 29.4 Å². The molecular weight excluding hydrogens is 480 g/mol. The normalized spacial score (nSPS) is 12.8. The van der Waals surface area contributed by atoms with Crippen LogP contribution in [0.25, 0.3) is 0 Å². The highest BCUT2D eigenvalue weighted by molar-refractivity contribution is 7.13. The van der Waals surface area contributed by atoms with Gasteiger partial charge in [0.15, 0.2) is 0 Å². The Morgan fingerprint density at radius 2 is 1.72 bits per heavy atom. The lowest BCUT2D eigenvalue weighted by molar-refractivity contribution is -0.129. The number of hydrogen-bond donors (Lipinski definition) is 4. The Kier molecular flexibility index (Phi) is 11.3. The SMILES string of the molecule is CCC(CC)(c1ccc(C(=O)NCCCCCC(=O)NO)cc1)c1nnc(OCC(O)C(C)(C)C)s1. The molecule has 0 fully saturated rings. The summed E-state index contributed by atoms with van der Waals surface area (Å²) in [6, 6.07) is 7.60. The number of nitrogens with one attached hydrogen (secondary N) is 2. The monoisotopic (exact) mass is 520 g/mol. The van der Waals surface area contributed by atoms with E-state index in [0.29, 0.717) is 23.7 Å². The average Bonchev–Trinajstić information content (AvgIpc) is 3.34. The average molecular weight is 521 g/mol. The van der Waals surface area contributed by atoms with Crippen LogP contribution in [0, 0.1) is 5.41 Å². The maximum absolute atomic E-state index is 12.5. The van der Waals surface area contributed by atoms with E-state index in [-0.39, 0.29) is 29.8 Å². The second kappa shape index (κ2) is 13.7. The van der Waals surface area contributed by atoms with Crippen LogP contribution in [0.5, 0.6) is 5.19 Å². The van der Waals surface area contributed by atoms with Crippen LogP contribution in [0.1, 0.15) is 94.1 Å². The third-order valence-electron chi connectivity index (χ3n) is 6.58. The Hall–Kier alpha value is -2.56. The van der Waals surface area contributed by atoms with Crippen molar-refractivity contribution in [2.24, 2.45) is 5.41 Å². The summed E-state index contributed by atoms with van der Waals surface area (Å²) in [6.45, 7) is 10.8. The summed E-state index contributed by atoms with van der Waals surface area (Å²) in [4.78, 5) is 23.5. The largest absolute Gasteiger partial charge is 0.466 e. The maximum atomic E-state index is 12.5. The lowest BCUT2D eigenvalue weighted by Gasteiger charge is -2.29. The Morgan fingerprint density at radius 3 is 2.31 bits per heavy atom. The van der Waals surface area contributed by atoms with Gasteiger partial charge in [-0.25, -0.2) is 5.48 Å². The zero-order valence-corrected chi connectivity index (χ0v) is 22.8. The van der Waals surface area contributed by atoms with Gasteiger partial charge >= 0.3 is 0 Å². The van der Waals surface area contributed by atoms with E-state index in [1.807, 2.05) is 45.0 Å². The van der Waals surface area contributed by atoms with E-state index in [0.717, 1.165) is 36.3 Å². The van der Waals surface area contributed by atoms with Crippen LogP contribution >= 0.6 is 11.3 Å². The first kappa shape index (κ1) is 29.7. The van der Waals surface area contributed by atoms with E-state index in [1.165, 1.54) is 11.3 Å². The number of ether oxygens (including phenoxy) is 1. The molecule has 1 heterocycles. The van der Waals surface area contributed by atoms with E-state index < -0.39 is 12.0 Å². The fourth-order valence-corrected chi connectivity index (χ4v) is 4.89. The summed E-state index contributed by atoms with van der Waals surface area (Å²) in [7, 11) is 0. The van der Waals surface area contributed by atoms with Crippen LogP contribution < -0.4 is 15.5 Å². The summed E-state index contributed by atoms with van der Waals surface area (Å²) in [5, 5.41) is 31.6. The molecule has 36 heavy (non-hydrogen) atoms. The van der Waals surface area contributed by atoms with Crippen LogP contribution in [-0.4, -0.2) is 51.6 Å². The van der Waals surface area contributed by atoms with Gasteiger partial charge in [0.2, 0.25) is 5.91 Å². The Bertz CT molecular complexity index is 967. The highest BCUT2D eigenvalue weighted by Gasteiger charge is 2.35. The third-order valence-corrected chi connectivity index (χ3v) is 7.62. The van der Waals surface area contributed by atoms with Gasteiger partial charge in [0.25, 0.3) is 11.1 Å². The maximum Gasteiger partial charge on any atom is 0.294 e. The van der Waals surface area contributed by atoms with E-state index in [1.54, 1.807) is 5.48 Å². The van der Waals surface area contributed by atoms with Crippen LogP contribution in [0.15, 0.2) is 24.3 Å². The van der Waals surface area contributed by atoms with Crippen molar-refractivity contribution in [2.75, 3.05) is 13.2 Å². The number of benzene rings is 1. The lowest BCUT2D eigenvalue weighted by Crippen LogP contribution is -2.31. The minimum atomic E-state index is -0.613. The summed E-state index contributed by atoms with van der Waals surface area (Å²) < 4.78 is 5.74. The predicted molar refractivity (Wildman–Crippen MR) is 139 cm³/mol. The van der Waals surface area contributed by atoms with Gasteiger partial charge < -0.3 is 15.2 Å². The zero-order chi connectivity index (χ0) is 26.8. The van der Waals surface area contributed by atoms with Gasteiger partial charge in [-0.2, -0.15) is 0 Å². The number of hydrogen-bond acceptors (Lipinski definition) is 8. The molecule has 0 spiro atoms. The van der Waals surface area contributed by atoms with Crippen molar-refractivity contribution in [2.45, 2.75) is 84.7 Å². The summed E-state index contributed by atoms with van der Waals surface area (Å²) >= 11 is 1.39. The van der Waals surface area contributed by atoms with Gasteiger partial charge in [0.1, 0.15) is 11.6 Å². The molecule has 0 aliphatic rings. The molecule has 1 aromatic carbocycles. The number of rotatable bonds is 14. The molecule has 0 aliphatic heterocycles. The van der Waals surface area contributed by atoms with Gasteiger partial charge in [-0.05, 0) is 48.8 Å². The second-order valence-corrected chi connectivity index (χ2v) is 11.0. The lowest BCUT2D eigenvalue weighted by atomic mass is 9.76. The minimum absolute atomic E-state index is 0.141. The first-order valence-corrected chi connectivity index (χ1v) is 13.4. The van der Waals surface area contributed by atoms with E-state index in [9.17, 15) is 14.7 Å². The standard InChI is InChI=1S/C26H40N4O5S/c1-6-26(7-2,23-28-29-24(36-23)35-17-20(31)25(3,4)5)19-14-12-18(13-15-19)22(33)27-16-10-8-9-11-21(32)30-34/h12-15,20,31,34H,6-11,16-17H2,1-5H3,(H,27,33)(H,30,32). The van der Waals surface area contributed by atoms with Crippen molar-refractivity contribution in [3.05, 3.63) is 40.4 Å². The molecule has 0 saturated carbocycles. The Morgan fingerprint density at radius 1 is 1.06 bits per heavy atom. The number of aliphatic hydroxyl groups is 1. The molecule has 1 unspecified atom stereocenters. The number of unbranched alkanes of at least 4 members (excludes halogenated alkanes) is 2. The van der Waals surface area contributed by atoms with Crippen molar-refractivity contribution < 1.29 is 24.6 Å². The first-order valence-electron chi connectivity index (χ1n) is 12.5. The zero-order valence-electron chi connectivity index (χ0n) is 22.0. The molecule has 0 aliphatic carbocycles. The number of carbonyl (C=O) groups is 2. The topological polar surface area (TPSA) is 134 Å². The molecule has 9 nitrogen and oxygen atoms in total. The molecule has 0 saturated heterocycles. The molecule has 2 amide bonds. The van der Waals surface area contributed by atoms with Crippen LogP contribution in [0.3, 0.4) is 0 Å². The number of nitrogens with zero attached hydrogens (tertiary/aromatic N) is 2. The van der Waals surface area contributed by atoms with Gasteiger partial charge in [-0.3, -0.25) is 14.8 Å². The van der Waals surface area contributed by atoms with E-state index >= 15 is 0 Å². The number of aliphatic hydroxyl groups excluding tert-OH is 1. The molecule has 200 valence electrons. The quantitative estimate of drug-likeness (QED) is 0.166. The molecule has 0 radical (unpaired) electrons. The van der Waals surface area contributed by atoms with Crippen molar-refractivity contribution in [1.29, 1.82) is 0 Å². The van der Waals surface area contributed by atoms with Crippen LogP contribution in [0.2, 0.25) is 0 Å². The molecule has 0 bridgehead atoms. The second-order valence-electron chi connectivity index (χ2n) is 10.0. The molecule has 10 heteroatoms. The van der Waals surface area contributed by atoms with Gasteiger partial charge in [-0.1, -0.05) is 64.5 Å². The molecule has 2 rings (SSSR count). The van der Waals surface area contributed by atoms with Crippen molar-refractivity contribution in [3.63, 3.8) is 0 Å². The third kappa shape index (κ3) is 7.97. The Labute approximate surface area is 217 Å². The van der Waals surface area contributed by atoms with Gasteiger partial charge in [0.05, 0.1) is 6.10 Å². The fourth-order valence-electron chi connectivity index (χ4n) is 3.83. The first-order chi connectivity index (χ1) is 17.1. The Balaban J connectivity index is 2.01. The summed E-state index contributed by atoms with van der Waals surface area (Å²) in [5.74, 6) is -0.539. The number of amides is 2. The number of aromatic nitrogens is 2. The molecule has 2 aromatic rings. The molecular formula is C26H40N4O5S. The van der Waals surface area contributed by atoms with Crippen molar-refractivity contribution >= 4 is 23.2 Å². The van der Waals surface area contributed by atoms with Crippen LogP contribution in [-0.2, 0) is 10.2 Å². The van der Waals surface area contributed by atoms with E-state index in [4.69, 9.17) is 9.94 Å². The minimum Gasteiger partial charge on any atom is -0.466 e. The van der Waals surface area contributed by atoms with Crippen LogP contribution in [0.4, 0.5) is 0 Å². The molecule has 1 atom stereocenters. The number of hydroxylamine groups is 1. The molecule has 4 N–H and O–H groups in total.